The lowest BCUT2D eigenvalue weighted by molar-refractivity contribution is 0.0689. The van der Waals surface area contributed by atoms with Crippen molar-refractivity contribution in [1.29, 1.82) is 0 Å². The van der Waals surface area contributed by atoms with E-state index < -0.39 is 5.97 Å². The van der Waals surface area contributed by atoms with Gasteiger partial charge >= 0.3 is 5.97 Å². The third kappa shape index (κ3) is 2.61. The van der Waals surface area contributed by atoms with Crippen LogP contribution in [0.25, 0.3) is 0 Å². The van der Waals surface area contributed by atoms with Gasteiger partial charge in [-0.1, -0.05) is 0 Å². The van der Waals surface area contributed by atoms with E-state index in [2.05, 4.69) is 4.90 Å². The third-order valence-electron chi connectivity index (χ3n) is 2.89. The zero-order chi connectivity index (χ0) is 11.5. The molecule has 2 rings (SSSR count). The summed E-state index contributed by atoms with van der Waals surface area (Å²) in [4.78, 5) is 13.6. The van der Waals surface area contributed by atoms with Crippen LogP contribution in [-0.4, -0.2) is 40.3 Å². The number of nitrogens with zero attached hydrogens (tertiary/aromatic N) is 1. The lowest BCUT2D eigenvalue weighted by Gasteiger charge is -2.29. The second kappa shape index (κ2) is 4.95. The smallest absolute Gasteiger partial charge is 0.346 e. The van der Waals surface area contributed by atoms with E-state index >= 15 is 0 Å². The minimum Gasteiger partial charge on any atom is -0.477 e. The molecule has 1 fully saturated rings. The van der Waals surface area contributed by atoms with E-state index in [0.29, 0.717) is 11.4 Å². The summed E-state index contributed by atoms with van der Waals surface area (Å²) in [6.45, 7) is 2.37. The number of thiophene rings is 1. The maximum atomic E-state index is 10.9. The van der Waals surface area contributed by atoms with Gasteiger partial charge in [-0.25, -0.2) is 4.79 Å². The van der Waals surface area contributed by atoms with Crippen molar-refractivity contribution < 1.29 is 15.0 Å². The Morgan fingerprint density at radius 1 is 1.50 bits per heavy atom. The summed E-state index contributed by atoms with van der Waals surface area (Å²) in [7, 11) is 0. The molecule has 0 amide bonds. The molecule has 0 saturated carbocycles. The zero-order valence-corrected chi connectivity index (χ0v) is 9.74. The van der Waals surface area contributed by atoms with Crippen molar-refractivity contribution in [1.82, 2.24) is 4.90 Å². The lowest BCUT2D eigenvalue weighted by atomic mass is 10.1. The molecular formula is C11H15NO3S. The van der Waals surface area contributed by atoms with Crippen molar-refractivity contribution in [2.24, 2.45) is 0 Å². The lowest BCUT2D eigenvalue weighted by Crippen LogP contribution is -2.35. The number of carbonyl (C=O) groups is 1. The molecule has 0 radical (unpaired) electrons. The van der Waals surface area contributed by atoms with Gasteiger partial charge < -0.3 is 10.2 Å². The van der Waals surface area contributed by atoms with Crippen LogP contribution >= 0.6 is 11.3 Å². The van der Waals surface area contributed by atoms with E-state index in [9.17, 15) is 9.90 Å². The molecule has 2 heterocycles. The summed E-state index contributed by atoms with van der Waals surface area (Å²) in [5.41, 5.74) is 0.883. The molecule has 0 spiro atoms. The van der Waals surface area contributed by atoms with Crippen LogP contribution in [0.3, 0.4) is 0 Å². The second-order valence-corrected chi connectivity index (χ2v) is 5.00. The minimum absolute atomic E-state index is 0.183. The van der Waals surface area contributed by atoms with Crippen LogP contribution in [0.1, 0.15) is 28.1 Å². The first kappa shape index (κ1) is 11.6. The topological polar surface area (TPSA) is 60.8 Å². The molecule has 1 aromatic heterocycles. The van der Waals surface area contributed by atoms with Crippen LogP contribution in [0, 0.1) is 0 Å². The van der Waals surface area contributed by atoms with Crippen molar-refractivity contribution in [2.75, 3.05) is 13.1 Å². The maximum Gasteiger partial charge on any atom is 0.346 e. The molecule has 0 bridgehead atoms. The molecular weight excluding hydrogens is 226 g/mol. The standard InChI is InChI=1S/C11H15NO3S/c13-9-1-4-12(5-2-9)7-8-3-6-16-10(8)11(14)15/h3,6,9,13H,1-2,4-5,7H2,(H,14,15). The van der Waals surface area contributed by atoms with Crippen molar-refractivity contribution in [3.63, 3.8) is 0 Å². The number of hydrogen-bond donors (Lipinski definition) is 2. The van der Waals surface area contributed by atoms with Gasteiger partial charge in [0.2, 0.25) is 0 Å². The van der Waals surface area contributed by atoms with Gasteiger partial charge in [-0.3, -0.25) is 4.90 Å². The molecule has 1 aliphatic heterocycles. The van der Waals surface area contributed by atoms with E-state index in [1.807, 2.05) is 11.4 Å². The maximum absolute atomic E-state index is 10.9. The number of carboxylic acid groups (broad SMARTS) is 1. The van der Waals surface area contributed by atoms with Crippen LogP contribution in [0.15, 0.2) is 11.4 Å². The summed E-state index contributed by atoms with van der Waals surface area (Å²) in [6, 6.07) is 1.87. The Bertz CT molecular complexity index is 369. The fourth-order valence-electron chi connectivity index (χ4n) is 1.97. The van der Waals surface area contributed by atoms with Gasteiger partial charge in [-0.2, -0.15) is 0 Å². The molecule has 1 saturated heterocycles. The van der Waals surface area contributed by atoms with E-state index in [1.54, 1.807) is 0 Å². The van der Waals surface area contributed by atoms with Crippen molar-refractivity contribution in [2.45, 2.75) is 25.5 Å². The van der Waals surface area contributed by atoms with Gasteiger partial charge in [0.25, 0.3) is 0 Å². The fourth-order valence-corrected chi connectivity index (χ4v) is 2.72. The molecule has 1 aromatic rings. The summed E-state index contributed by atoms with van der Waals surface area (Å²) in [5.74, 6) is -0.845. The molecule has 0 unspecified atom stereocenters. The first-order valence-electron chi connectivity index (χ1n) is 5.37. The largest absolute Gasteiger partial charge is 0.477 e. The Hall–Kier alpha value is -0.910. The van der Waals surface area contributed by atoms with Gasteiger partial charge in [0.15, 0.2) is 0 Å². The highest BCUT2D eigenvalue weighted by Crippen LogP contribution is 2.20. The highest BCUT2D eigenvalue weighted by Gasteiger charge is 2.19. The molecule has 2 N–H and O–H groups in total. The average molecular weight is 241 g/mol. The van der Waals surface area contributed by atoms with E-state index in [4.69, 9.17) is 5.11 Å². The van der Waals surface area contributed by atoms with Crippen LogP contribution in [0.2, 0.25) is 0 Å². The molecule has 0 aromatic carbocycles. The Labute approximate surface area is 98.1 Å². The number of aliphatic hydroxyl groups excluding tert-OH is 1. The minimum atomic E-state index is -0.845. The molecule has 1 aliphatic rings. The summed E-state index contributed by atoms with van der Waals surface area (Å²) < 4.78 is 0. The normalized spacial score (nSPS) is 18.8. The summed E-state index contributed by atoms with van der Waals surface area (Å²) >= 11 is 1.27. The molecule has 88 valence electrons. The number of aliphatic hydroxyl groups is 1. The first-order valence-corrected chi connectivity index (χ1v) is 6.25. The number of carboxylic acids is 1. The van der Waals surface area contributed by atoms with Gasteiger partial charge in [0.05, 0.1) is 6.10 Å². The quantitative estimate of drug-likeness (QED) is 0.840. The Morgan fingerprint density at radius 3 is 2.81 bits per heavy atom. The monoisotopic (exact) mass is 241 g/mol. The molecule has 0 aliphatic carbocycles. The van der Waals surface area contributed by atoms with E-state index in [0.717, 1.165) is 31.5 Å². The Morgan fingerprint density at radius 2 is 2.19 bits per heavy atom. The molecule has 16 heavy (non-hydrogen) atoms. The van der Waals surface area contributed by atoms with Gasteiger partial charge in [-0.05, 0) is 29.9 Å². The van der Waals surface area contributed by atoms with Gasteiger partial charge in [0.1, 0.15) is 4.88 Å². The van der Waals surface area contributed by atoms with E-state index in [1.165, 1.54) is 11.3 Å². The number of rotatable bonds is 3. The Kier molecular flexibility index (Phi) is 3.58. The van der Waals surface area contributed by atoms with Crippen LogP contribution < -0.4 is 0 Å². The third-order valence-corrected chi connectivity index (χ3v) is 3.84. The zero-order valence-electron chi connectivity index (χ0n) is 8.93. The number of hydrogen-bond acceptors (Lipinski definition) is 4. The van der Waals surface area contributed by atoms with Gasteiger partial charge in [0, 0.05) is 19.6 Å². The predicted molar refractivity (Wildman–Crippen MR) is 61.8 cm³/mol. The van der Waals surface area contributed by atoms with Crippen molar-refractivity contribution in [3.8, 4) is 0 Å². The number of aromatic carboxylic acids is 1. The summed E-state index contributed by atoms with van der Waals surface area (Å²) in [5, 5.41) is 20.2. The first-order chi connectivity index (χ1) is 7.66. The Balaban J connectivity index is 1.98. The highest BCUT2D eigenvalue weighted by molar-refractivity contribution is 7.12. The second-order valence-electron chi connectivity index (χ2n) is 4.09. The van der Waals surface area contributed by atoms with Crippen LogP contribution in [0.5, 0.6) is 0 Å². The molecule has 4 nitrogen and oxygen atoms in total. The van der Waals surface area contributed by atoms with Crippen LogP contribution in [0.4, 0.5) is 0 Å². The fraction of sp³-hybridized carbons (Fsp3) is 0.545. The van der Waals surface area contributed by atoms with Gasteiger partial charge in [-0.15, -0.1) is 11.3 Å². The number of piperidine rings is 1. The SMILES string of the molecule is O=C(O)c1sccc1CN1CCC(O)CC1. The van der Waals surface area contributed by atoms with Crippen LogP contribution in [-0.2, 0) is 6.54 Å². The average Bonchev–Trinajstić information content (AvgIpc) is 2.69. The highest BCUT2D eigenvalue weighted by atomic mass is 32.1. The molecule has 5 heteroatoms. The van der Waals surface area contributed by atoms with Crippen molar-refractivity contribution >= 4 is 17.3 Å². The van der Waals surface area contributed by atoms with E-state index in [-0.39, 0.29) is 6.10 Å². The predicted octanol–water partition coefficient (Wildman–Crippen LogP) is 1.40. The molecule has 0 atom stereocenters. The summed E-state index contributed by atoms with van der Waals surface area (Å²) in [6.07, 6.45) is 1.39. The number of likely N-dealkylation sites (tertiary alicyclic amines) is 1. The van der Waals surface area contributed by atoms with Crippen molar-refractivity contribution in [3.05, 3.63) is 21.9 Å².